The van der Waals surface area contributed by atoms with Crippen LogP contribution in [0.25, 0.3) is 22.3 Å². The van der Waals surface area contributed by atoms with E-state index in [-0.39, 0.29) is 24.1 Å². The molecule has 5 aromatic rings. The number of methoxy groups -OCH3 is 1. The van der Waals surface area contributed by atoms with Crippen molar-refractivity contribution in [3.63, 3.8) is 0 Å². The number of nitrogens with zero attached hydrogens (tertiary/aromatic N) is 8. The average Bonchev–Trinajstić information content (AvgIpc) is 3.78. The molecule has 42 heavy (non-hydrogen) atoms. The van der Waals surface area contributed by atoms with Crippen molar-refractivity contribution >= 4 is 28.8 Å². The van der Waals surface area contributed by atoms with Crippen molar-refractivity contribution in [2.45, 2.75) is 19.5 Å². The number of carbonyl (C=O) groups is 2. The number of hydrogen-bond acceptors (Lipinski definition) is 9. The topological polar surface area (TPSA) is 159 Å². The molecule has 0 radical (unpaired) electrons. The van der Waals surface area contributed by atoms with E-state index in [4.69, 9.17) is 15.6 Å². The maximum Gasteiger partial charge on any atom is 0.346 e. The minimum Gasteiger partial charge on any atom is -0.496 e. The van der Waals surface area contributed by atoms with Crippen molar-refractivity contribution in [2.75, 3.05) is 25.9 Å². The van der Waals surface area contributed by atoms with Gasteiger partial charge in [0.15, 0.2) is 5.65 Å². The molecule has 0 saturated carbocycles. The van der Waals surface area contributed by atoms with Crippen LogP contribution in [0.2, 0.25) is 0 Å². The van der Waals surface area contributed by atoms with Crippen molar-refractivity contribution in [1.29, 1.82) is 0 Å². The normalized spacial score (nSPS) is 14.8. The van der Waals surface area contributed by atoms with E-state index in [1.54, 1.807) is 4.90 Å². The minimum atomic E-state index is -0.522. The Morgan fingerprint density at radius 3 is 2.74 bits per heavy atom. The number of hydrogen-bond donors (Lipinski definition) is 2. The number of anilines is 1. The summed E-state index contributed by atoms with van der Waals surface area (Å²) in [4.78, 5) is 39.6. The second-order valence-corrected chi connectivity index (χ2v) is 9.94. The third-order valence-electron chi connectivity index (χ3n) is 7.25. The summed E-state index contributed by atoms with van der Waals surface area (Å²) < 4.78 is 21.9. The van der Waals surface area contributed by atoms with E-state index >= 15 is 0 Å². The summed E-state index contributed by atoms with van der Waals surface area (Å²) in [7, 11) is 1.43. The maximum absolute atomic E-state index is 13.7. The summed E-state index contributed by atoms with van der Waals surface area (Å²) in [5, 5.41) is 12.2. The van der Waals surface area contributed by atoms with E-state index in [1.165, 1.54) is 42.9 Å². The molecular formula is C28H27FN10O3. The largest absolute Gasteiger partial charge is 0.496 e. The van der Waals surface area contributed by atoms with Gasteiger partial charge < -0.3 is 20.7 Å². The van der Waals surface area contributed by atoms with Gasteiger partial charge in [0.2, 0.25) is 0 Å². The van der Waals surface area contributed by atoms with Gasteiger partial charge in [-0.05, 0) is 36.1 Å². The first-order chi connectivity index (χ1) is 20.4. The number of fused-ring (bicyclic) bond motifs is 1. The lowest BCUT2D eigenvalue weighted by atomic mass is 10.1. The number of nitrogens with two attached hydrogens (primary N) is 1. The maximum atomic E-state index is 13.7. The Labute approximate surface area is 239 Å². The fourth-order valence-electron chi connectivity index (χ4n) is 5.13. The first-order valence-electron chi connectivity index (χ1n) is 13.2. The Hall–Kier alpha value is -5.40. The Kier molecular flexibility index (Phi) is 7.17. The smallest absolute Gasteiger partial charge is 0.346 e. The van der Waals surface area contributed by atoms with Crippen LogP contribution in [0.15, 0.2) is 61.4 Å². The highest BCUT2D eigenvalue weighted by molar-refractivity contribution is 5.98. The van der Waals surface area contributed by atoms with Crippen LogP contribution in [-0.4, -0.2) is 71.6 Å². The number of nitrogens with one attached hydrogen (secondary N) is 1. The van der Waals surface area contributed by atoms with Gasteiger partial charge in [0, 0.05) is 31.7 Å². The number of nitrogen functional groups attached to an aromatic ring is 1. The molecule has 0 spiro atoms. The number of amides is 2. The van der Waals surface area contributed by atoms with E-state index in [9.17, 15) is 14.0 Å². The van der Waals surface area contributed by atoms with E-state index in [0.29, 0.717) is 47.9 Å². The number of halogens is 1. The Balaban J connectivity index is 1.18. The summed E-state index contributed by atoms with van der Waals surface area (Å²) in [6, 6.07) is 11.1. The predicted molar refractivity (Wildman–Crippen MR) is 150 cm³/mol. The van der Waals surface area contributed by atoms with Gasteiger partial charge >= 0.3 is 6.03 Å². The van der Waals surface area contributed by atoms with Crippen LogP contribution in [0.1, 0.15) is 22.3 Å². The molecule has 214 valence electrons. The van der Waals surface area contributed by atoms with Gasteiger partial charge in [0.25, 0.3) is 5.91 Å². The van der Waals surface area contributed by atoms with Gasteiger partial charge in [-0.3, -0.25) is 4.79 Å². The second-order valence-electron chi connectivity index (χ2n) is 9.94. The van der Waals surface area contributed by atoms with Crippen molar-refractivity contribution in [3.05, 3.63) is 78.4 Å². The third kappa shape index (κ3) is 5.21. The van der Waals surface area contributed by atoms with Crippen molar-refractivity contribution < 1.29 is 18.7 Å². The number of ether oxygens (including phenoxy) is 1. The van der Waals surface area contributed by atoms with Crippen LogP contribution >= 0.6 is 0 Å². The van der Waals surface area contributed by atoms with Crippen LogP contribution in [0.3, 0.4) is 0 Å². The summed E-state index contributed by atoms with van der Waals surface area (Å²) in [6.45, 7) is 1.93. The SMILES string of the molecule is COc1ccc(F)cc1C(=O)NCc1ccc(-c2nn(CC3CCN(C(=O)n4cncn4)C3)c3ncnc(N)c23)cc1. The highest BCUT2D eigenvalue weighted by atomic mass is 19.1. The summed E-state index contributed by atoms with van der Waals surface area (Å²) >= 11 is 0. The van der Waals surface area contributed by atoms with Gasteiger partial charge in [-0.1, -0.05) is 24.3 Å². The molecule has 1 aliphatic heterocycles. The van der Waals surface area contributed by atoms with Gasteiger partial charge in [-0.25, -0.2) is 28.8 Å². The number of carbonyl (C=O) groups excluding carboxylic acids is 2. The monoisotopic (exact) mass is 570 g/mol. The lowest BCUT2D eigenvalue weighted by molar-refractivity contribution is 0.0947. The number of rotatable bonds is 7. The lowest BCUT2D eigenvalue weighted by Gasteiger charge is -2.15. The minimum absolute atomic E-state index is 0.120. The first kappa shape index (κ1) is 26.8. The zero-order valence-corrected chi connectivity index (χ0v) is 22.6. The molecule has 3 N–H and O–H groups in total. The zero-order valence-electron chi connectivity index (χ0n) is 22.6. The fraction of sp³-hybridized carbons (Fsp3) is 0.250. The van der Waals surface area contributed by atoms with Crippen LogP contribution < -0.4 is 15.8 Å². The highest BCUT2D eigenvalue weighted by Crippen LogP contribution is 2.31. The van der Waals surface area contributed by atoms with Crippen molar-refractivity contribution in [3.8, 4) is 17.0 Å². The van der Waals surface area contributed by atoms with E-state index in [0.717, 1.165) is 23.6 Å². The van der Waals surface area contributed by atoms with Crippen molar-refractivity contribution in [2.24, 2.45) is 5.92 Å². The molecule has 1 saturated heterocycles. The Morgan fingerprint density at radius 1 is 1.14 bits per heavy atom. The summed E-state index contributed by atoms with van der Waals surface area (Å²) in [5.41, 5.74) is 9.28. The number of likely N-dealkylation sites (tertiary alicyclic amines) is 1. The first-order valence-corrected chi connectivity index (χ1v) is 13.2. The molecule has 6 rings (SSSR count). The molecule has 1 aliphatic rings. The quantitative estimate of drug-likeness (QED) is 0.300. The average molecular weight is 571 g/mol. The van der Waals surface area contributed by atoms with Gasteiger partial charge in [0.05, 0.1) is 18.1 Å². The van der Waals surface area contributed by atoms with Gasteiger partial charge in [-0.15, -0.1) is 0 Å². The van der Waals surface area contributed by atoms with Crippen LogP contribution in [-0.2, 0) is 13.1 Å². The third-order valence-corrected chi connectivity index (χ3v) is 7.25. The van der Waals surface area contributed by atoms with Crippen molar-refractivity contribution in [1.82, 2.24) is 44.7 Å². The summed E-state index contributed by atoms with van der Waals surface area (Å²) in [5.74, 6) is -0.203. The molecule has 0 bridgehead atoms. The highest BCUT2D eigenvalue weighted by Gasteiger charge is 2.29. The number of aromatic nitrogens is 7. The molecule has 0 aliphatic carbocycles. The molecule has 13 nitrogen and oxygen atoms in total. The number of benzene rings is 2. The summed E-state index contributed by atoms with van der Waals surface area (Å²) in [6.07, 6.45) is 4.94. The molecule has 3 aromatic heterocycles. The molecule has 4 heterocycles. The fourth-order valence-corrected chi connectivity index (χ4v) is 5.13. The molecule has 2 aromatic carbocycles. The van der Waals surface area contributed by atoms with Crippen LogP contribution in [0.5, 0.6) is 5.75 Å². The van der Waals surface area contributed by atoms with E-state index < -0.39 is 11.7 Å². The zero-order chi connectivity index (χ0) is 29.2. The second kappa shape index (κ2) is 11.2. The van der Waals surface area contributed by atoms with Gasteiger partial charge in [0.1, 0.15) is 42.1 Å². The Morgan fingerprint density at radius 2 is 1.98 bits per heavy atom. The molecule has 14 heteroatoms. The Bertz CT molecular complexity index is 1750. The predicted octanol–water partition coefficient (Wildman–Crippen LogP) is 2.73. The molecular weight excluding hydrogens is 543 g/mol. The molecule has 1 fully saturated rings. The van der Waals surface area contributed by atoms with E-state index in [1.807, 2.05) is 28.9 Å². The van der Waals surface area contributed by atoms with Gasteiger partial charge in [-0.2, -0.15) is 14.9 Å². The lowest BCUT2D eigenvalue weighted by Crippen LogP contribution is -2.33. The molecule has 1 unspecified atom stereocenters. The van der Waals surface area contributed by atoms with E-state index in [2.05, 4.69) is 25.4 Å². The van der Waals surface area contributed by atoms with Crippen LogP contribution in [0.4, 0.5) is 15.0 Å². The van der Waals surface area contributed by atoms with Crippen LogP contribution in [0, 0.1) is 11.7 Å². The molecule has 1 atom stereocenters. The molecule has 2 amide bonds. The standard InChI is InChI=1S/C28H27FN10O3/c1-42-22-7-6-20(29)10-21(22)27(40)32-11-17-2-4-19(5-3-17)24-23-25(30)33-15-34-26(23)38(36-24)13-18-8-9-37(12-18)28(41)39-16-31-14-35-39/h2-7,10,14-16,18H,8-9,11-13H2,1H3,(H,32,40)(H2,30,33,34).